The monoisotopic (exact) mass is 371 g/mol. The summed E-state index contributed by atoms with van der Waals surface area (Å²) in [4.78, 5) is 16.0. The third-order valence-corrected chi connectivity index (χ3v) is 4.89. The first-order valence-electron chi connectivity index (χ1n) is 9.56. The molecular formula is C21H29N3O3. The number of nitrogens with zero attached hydrogens (tertiary/aromatic N) is 1. The lowest BCUT2D eigenvalue weighted by molar-refractivity contribution is 0.0492. The second-order valence-electron chi connectivity index (χ2n) is 8.33. The summed E-state index contributed by atoms with van der Waals surface area (Å²) in [5.74, 6) is 0.0597. The van der Waals surface area contributed by atoms with Gasteiger partial charge in [-0.25, -0.2) is 9.78 Å². The van der Waals surface area contributed by atoms with Crippen molar-refractivity contribution in [3.63, 3.8) is 0 Å². The number of carbonyl (C=O) groups excluding carboxylic acids is 1. The fraction of sp³-hybridized carbons (Fsp3) is 0.524. The molecule has 1 fully saturated rings. The molecule has 0 spiro atoms. The number of carbonyl (C=O) groups is 1. The van der Waals surface area contributed by atoms with Crippen molar-refractivity contribution in [2.75, 3.05) is 5.32 Å². The minimum atomic E-state index is -0.477. The lowest BCUT2D eigenvalue weighted by atomic mass is 9.91. The summed E-state index contributed by atoms with van der Waals surface area (Å²) in [7, 11) is 0. The van der Waals surface area contributed by atoms with Crippen LogP contribution in [0.25, 0.3) is 10.8 Å². The lowest BCUT2D eigenvalue weighted by Crippen LogP contribution is -2.42. The minimum Gasteiger partial charge on any atom is -0.493 e. The van der Waals surface area contributed by atoms with E-state index in [0.29, 0.717) is 6.04 Å². The van der Waals surface area contributed by atoms with Gasteiger partial charge >= 0.3 is 6.09 Å². The highest BCUT2D eigenvalue weighted by atomic mass is 16.6. The third kappa shape index (κ3) is 4.81. The van der Waals surface area contributed by atoms with Gasteiger partial charge in [-0.3, -0.25) is 0 Å². The Hall–Kier alpha value is -2.50. The number of hydrogen-bond acceptors (Lipinski definition) is 5. The zero-order valence-corrected chi connectivity index (χ0v) is 16.5. The Morgan fingerprint density at radius 3 is 2.52 bits per heavy atom. The van der Waals surface area contributed by atoms with Gasteiger partial charge in [0.25, 0.3) is 0 Å². The van der Waals surface area contributed by atoms with E-state index in [-0.39, 0.29) is 18.0 Å². The number of nitrogens with one attached hydrogen (secondary N) is 2. The van der Waals surface area contributed by atoms with Crippen LogP contribution in [0.15, 0.2) is 24.4 Å². The van der Waals surface area contributed by atoms with E-state index >= 15 is 0 Å². The minimum absolute atomic E-state index is 0.0597. The molecule has 0 bridgehead atoms. The molecule has 1 aliphatic rings. The largest absolute Gasteiger partial charge is 0.493 e. The molecule has 1 aromatic heterocycles. The number of fused-ring (bicyclic) bond motifs is 1. The third-order valence-electron chi connectivity index (χ3n) is 4.89. The summed E-state index contributed by atoms with van der Waals surface area (Å²) in [5.41, 5.74) is 1.58. The first-order chi connectivity index (χ1) is 12.7. The summed E-state index contributed by atoms with van der Waals surface area (Å²) < 4.78 is 5.34. The molecule has 3 N–H and O–H groups in total. The average Bonchev–Trinajstić information content (AvgIpc) is 2.58. The van der Waals surface area contributed by atoms with Crippen LogP contribution in [0.1, 0.15) is 52.0 Å². The van der Waals surface area contributed by atoms with Gasteiger partial charge in [0.2, 0.25) is 5.88 Å². The highest BCUT2D eigenvalue weighted by molar-refractivity contribution is 5.98. The Morgan fingerprint density at radius 2 is 1.85 bits per heavy atom. The maximum atomic E-state index is 11.9. The second-order valence-corrected chi connectivity index (χ2v) is 8.33. The van der Waals surface area contributed by atoms with Gasteiger partial charge in [-0.05, 0) is 71.1 Å². The van der Waals surface area contributed by atoms with Crippen molar-refractivity contribution < 1.29 is 14.6 Å². The number of ether oxygens (including phenoxy) is 1. The summed E-state index contributed by atoms with van der Waals surface area (Å²) in [6.07, 6.45) is 5.11. The van der Waals surface area contributed by atoms with E-state index in [1.165, 1.54) is 0 Å². The zero-order chi connectivity index (χ0) is 19.6. The standard InChI is InChI=1S/C21H29N3O3/c1-13-12-22-19(25)16-6-5-7-17(18(13)16)23-14-8-10-15(11-9-14)24-20(26)27-21(2,3)4/h5-7,12,14-15,23H,8-11H2,1-4H3,(H,22,25)(H,24,26)/t14-,15-. The van der Waals surface area contributed by atoms with E-state index < -0.39 is 5.60 Å². The highest BCUT2D eigenvalue weighted by Gasteiger charge is 2.25. The van der Waals surface area contributed by atoms with Crippen LogP contribution in [-0.4, -0.2) is 33.9 Å². The van der Waals surface area contributed by atoms with Crippen molar-refractivity contribution in [3.8, 4) is 5.88 Å². The fourth-order valence-electron chi connectivity index (χ4n) is 3.65. The van der Waals surface area contributed by atoms with Crippen LogP contribution in [0.5, 0.6) is 5.88 Å². The number of alkyl carbamates (subject to hydrolysis) is 1. The van der Waals surface area contributed by atoms with Gasteiger partial charge in [-0.1, -0.05) is 6.07 Å². The Morgan fingerprint density at radius 1 is 1.19 bits per heavy atom. The predicted molar refractivity (Wildman–Crippen MR) is 107 cm³/mol. The van der Waals surface area contributed by atoms with Crippen LogP contribution < -0.4 is 10.6 Å². The van der Waals surface area contributed by atoms with Crippen LogP contribution in [0.3, 0.4) is 0 Å². The van der Waals surface area contributed by atoms with E-state index in [2.05, 4.69) is 15.6 Å². The van der Waals surface area contributed by atoms with Crippen molar-refractivity contribution in [2.24, 2.45) is 0 Å². The molecule has 6 nitrogen and oxygen atoms in total. The summed E-state index contributed by atoms with van der Waals surface area (Å²) in [6, 6.07) is 6.35. The van der Waals surface area contributed by atoms with Crippen molar-refractivity contribution in [3.05, 3.63) is 30.0 Å². The first-order valence-corrected chi connectivity index (χ1v) is 9.56. The second kappa shape index (κ2) is 7.62. The van der Waals surface area contributed by atoms with Gasteiger partial charge in [0, 0.05) is 34.7 Å². The van der Waals surface area contributed by atoms with Crippen LogP contribution in [0.2, 0.25) is 0 Å². The molecule has 1 aromatic carbocycles. The van der Waals surface area contributed by atoms with Gasteiger partial charge in [-0.2, -0.15) is 0 Å². The Bertz CT molecular complexity index is 821. The van der Waals surface area contributed by atoms with Crippen molar-refractivity contribution in [2.45, 2.75) is 71.1 Å². The normalized spacial score (nSPS) is 20.3. The number of aryl methyl sites for hydroxylation is 1. The van der Waals surface area contributed by atoms with Crippen molar-refractivity contribution in [1.29, 1.82) is 0 Å². The van der Waals surface area contributed by atoms with Gasteiger partial charge in [-0.15, -0.1) is 0 Å². The number of benzene rings is 1. The number of anilines is 1. The van der Waals surface area contributed by atoms with Crippen LogP contribution in [0.4, 0.5) is 10.5 Å². The topological polar surface area (TPSA) is 83.5 Å². The number of amides is 1. The molecule has 0 aliphatic heterocycles. The Kier molecular flexibility index (Phi) is 5.44. The van der Waals surface area contributed by atoms with Crippen LogP contribution in [-0.2, 0) is 4.74 Å². The first kappa shape index (κ1) is 19.3. The molecule has 2 aromatic rings. The molecule has 1 amide bonds. The maximum absolute atomic E-state index is 11.9. The Balaban J connectivity index is 1.61. The van der Waals surface area contributed by atoms with Gasteiger partial charge in [0.15, 0.2) is 0 Å². The molecule has 1 saturated carbocycles. The van der Waals surface area contributed by atoms with E-state index in [4.69, 9.17) is 4.74 Å². The quantitative estimate of drug-likeness (QED) is 0.740. The molecule has 0 atom stereocenters. The van der Waals surface area contributed by atoms with E-state index in [1.54, 1.807) is 6.20 Å². The van der Waals surface area contributed by atoms with Crippen LogP contribution >= 0.6 is 0 Å². The SMILES string of the molecule is Cc1cnc(O)c2cccc(N[C@H]3CC[C@H](NC(=O)OC(C)(C)C)CC3)c12. The van der Waals surface area contributed by atoms with E-state index in [9.17, 15) is 9.90 Å². The lowest BCUT2D eigenvalue weighted by Gasteiger charge is -2.31. The number of rotatable bonds is 3. The highest BCUT2D eigenvalue weighted by Crippen LogP contribution is 2.33. The van der Waals surface area contributed by atoms with Crippen molar-refractivity contribution in [1.82, 2.24) is 10.3 Å². The summed E-state index contributed by atoms with van der Waals surface area (Å²) in [5, 5.41) is 18.4. The molecule has 1 heterocycles. The average molecular weight is 371 g/mol. The van der Waals surface area contributed by atoms with Gasteiger partial charge in [0.05, 0.1) is 0 Å². The maximum Gasteiger partial charge on any atom is 0.407 e. The predicted octanol–water partition coefficient (Wildman–Crippen LogP) is 4.50. The van der Waals surface area contributed by atoms with E-state index in [0.717, 1.165) is 47.7 Å². The van der Waals surface area contributed by atoms with E-state index in [1.807, 2.05) is 45.9 Å². The molecule has 0 radical (unpaired) electrons. The molecule has 1 aliphatic carbocycles. The number of pyridine rings is 1. The molecule has 0 unspecified atom stereocenters. The molecule has 27 heavy (non-hydrogen) atoms. The number of aromatic hydroxyl groups is 1. The number of aromatic nitrogens is 1. The summed E-state index contributed by atoms with van der Waals surface area (Å²) in [6.45, 7) is 7.61. The smallest absolute Gasteiger partial charge is 0.407 e. The fourth-order valence-corrected chi connectivity index (χ4v) is 3.65. The van der Waals surface area contributed by atoms with Crippen LogP contribution in [0, 0.1) is 6.92 Å². The van der Waals surface area contributed by atoms with Gasteiger partial charge in [0.1, 0.15) is 5.60 Å². The Labute approximate surface area is 160 Å². The van der Waals surface area contributed by atoms with Gasteiger partial charge < -0.3 is 20.5 Å². The molecule has 0 saturated heterocycles. The zero-order valence-electron chi connectivity index (χ0n) is 16.5. The molecule has 3 rings (SSSR count). The number of hydrogen-bond donors (Lipinski definition) is 3. The van der Waals surface area contributed by atoms with Crippen molar-refractivity contribution >= 4 is 22.6 Å². The molecule has 6 heteroatoms. The molecular weight excluding hydrogens is 342 g/mol. The molecule has 146 valence electrons. The summed E-state index contributed by atoms with van der Waals surface area (Å²) >= 11 is 0.